The summed E-state index contributed by atoms with van der Waals surface area (Å²) in [6, 6.07) is 5.93. The minimum absolute atomic E-state index is 0.0351. The number of urea groups is 1. The van der Waals surface area contributed by atoms with Gasteiger partial charge in [0.2, 0.25) is 0 Å². The van der Waals surface area contributed by atoms with Crippen LogP contribution in [0.25, 0.3) is 0 Å². The lowest BCUT2D eigenvalue weighted by Gasteiger charge is -2.23. The molecule has 5 nitrogen and oxygen atoms in total. The third-order valence-corrected chi connectivity index (χ3v) is 4.31. The van der Waals surface area contributed by atoms with Crippen LogP contribution in [0.5, 0.6) is 0 Å². The predicted molar refractivity (Wildman–Crippen MR) is 79.2 cm³/mol. The number of aliphatic hydroxyl groups excluding tert-OH is 1. The molecule has 0 aliphatic carbocycles. The van der Waals surface area contributed by atoms with Crippen molar-refractivity contribution in [3.05, 3.63) is 23.8 Å². The average molecular weight is 275 g/mol. The van der Waals surface area contributed by atoms with E-state index in [1.807, 2.05) is 12.1 Å². The molecular weight excluding hydrogens is 254 g/mol. The zero-order chi connectivity index (χ0) is 14.1. The van der Waals surface area contributed by atoms with Crippen molar-refractivity contribution in [2.45, 2.75) is 25.3 Å². The molecule has 0 spiro atoms. The Kier molecular flexibility index (Phi) is 3.53. The quantitative estimate of drug-likeness (QED) is 0.863. The van der Waals surface area contributed by atoms with E-state index in [0.717, 1.165) is 38.0 Å². The predicted octanol–water partition coefficient (Wildman–Crippen LogP) is 1.67. The number of amides is 2. The van der Waals surface area contributed by atoms with E-state index >= 15 is 0 Å². The number of nitrogens with zero attached hydrogens (tertiary/aromatic N) is 2. The lowest BCUT2D eigenvalue weighted by Crippen LogP contribution is -2.40. The minimum atomic E-state index is -0.109. The van der Waals surface area contributed by atoms with Gasteiger partial charge in [-0.25, -0.2) is 4.79 Å². The molecule has 2 heterocycles. The summed E-state index contributed by atoms with van der Waals surface area (Å²) < 4.78 is 0. The van der Waals surface area contributed by atoms with Gasteiger partial charge in [-0.3, -0.25) is 0 Å². The first-order valence-corrected chi connectivity index (χ1v) is 7.21. The van der Waals surface area contributed by atoms with Gasteiger partial charge in [-0.15, -0.1) is 0 Å². The fraction of sp³-hybridized carbons (Fsp3) is 0.533. The van der Waals surface area contributed by atoms with E-state index in [-0.39, 0.29) is 18.7 Å². The van der Waals surface area contributed by atoms with Crippen molar-refractivity contribution < 1.29 is 9.90 Å². The molecule has 0 unspecified atom stereocenters. The van der Waals surface area contributed by atoms with Crippen molar-refractivity contribution in [2.24, 2.45) is 0 Å². The first-order valence-electron chi connectivity index (χ1n) is 7.21. The highest BCUT2D eigenvalue weighted by Gasteiger charge is 2.28. The van der Waals surface area contributed by atoms with Crippen LogP contribution in [-0.2, 0) is 6.42 Å². The molecular formula is C15H21N3O2. The van der Waals surface area contributed by atoms with Crippen LogP contribution >= 0.6 is 0 Å². The van der Waals surface area contributed by atoms with E-state index in [4.69, 9.17) is 0 Å². The van der Waals surface area contributed by atoms with Gasteiger partial charge in [0, 0.05) is 31.5 Å². The summed E-state index contributed by atoms with van der Waals surface area (Å²) in [4.78, 5) is 16.2. The summed E-state index contributed by atoms with van der Waals surface area (Å²) >= 11 is 0. The van der Waals surface area contributed by atoms with E-state index in [1.54, 1.807) is 4.90 Å². The maximum atomic E-state index is 12.3. The Morgan fingerprint density at radius 3 is 3.10 bits per heavy atom. The second kappa shape index (κ2) is 5.32. The third-order valence-electron chi connectivity index (χ3n) is 4.31. The Bertz CT molecular complexity index is 518. The molecule has 1 atom stereocenters. The molecule has 0 aromatic heterocycles. The smallest absolute Gasteiger partial charge is 0.322 e. The maximum absolute atomic E-state index is 12.3. The number of nitrogens with one attached hydrogen (secondary N) is 1. The first kappa shape index (κ1) is 13.2. The monoisotopic (exact) mass is 275 g/mol. The SMILES string of the molecule is CN1CCc2ccc(NC(=O)N3CCC[C@H]3CO)cc21. The van der Waals surface area contributed by atoms with Crippen LogP contribution in [0.3, 0.4) is 0 Å². The summed E-state index contributed by atoms with van der Waals surface area (Å²) in [5, 5.41) is 12.2. The minimum Gasteiger partial charge on any atom is -0.394 e. The van der Waals surface area contributed by atoms with E-state index in [1.165, 1.54) is 11.3 Å². The van der Waals surface area contributed by atoms with Gasteiger partial charge in [0.15, 0.2) is 0 Å². The number of aliphatic hydroxyl groups is 1. The van der Waals surface area contributed by atoms with Gasteiger partial charge in [-0.1, -0.05) is 6.07 Å². The van der Waals surface area contributed by atoms with Crippen LogP contribution in [0.15, 0.2) is 18.2 Å². The second-order valence-electron chi connectivity index (χ2n) is 5.62. The van der Waals surface area contributed by atoms with Crippen molar-refractivity contribution in [3.63, 3.8) is 0 Å². The van der Waals surface area contributed by atoms with E-state index < -0.39 is 0 Å². The molecule has 2 aliphatic heterocycles. The molecule has 1 aromatic carbocycles. The Balaban J connectivity index is 1.72. The van der Waals surface area contributed by atoms with Gasteiger partial charge in [-0.05, 0) is 37.0 Å². The zero-order valence-corrected chi connectivity index (χ0v) is 11.8. The summed E-state index contributed by atoms with van der Waals surface area (Å²) in [6.07, 6.45) is 2.92. The number of likely N-dealkylation sites (N-methyl/N-ethyl adjacent to an activating group) is 1. The molecule has 2 amide bonds. The molecule has 1 saturated heterocycles. The Labute approximate surface area is 119 Å². The fourth-order valence-electron chi connectivity index (χ4n) is 3.11. The van der Waals surface area contributed by atoms with Crippen LogP contribution in [0, 0.1) is 0 Å². The topological polar surface area (TPSA) is 55.8 Å². The number of hydrogen-bond donors (Lipinski definition) is 2. The summed E-state index contributed by atoms with van der Waals surface area (Å²) in [5.74, 6) is 0. The van der Waals surface area contributed by atoms with Gasteiger partial charge < -0.3 is 20.2 Å². The molecule has 1 aromatic rings. The average Bonchev–Trinajstić information content (AvgIpc) is 3.06. The summed E-state index contributed by atoms with van der Waals surface area (Å²) in [6.45, 7) is 1.80. The molecule has 2 aliphatic rings. The summed E-state index contributed by atoms with van der Waals surface area (Å²) in [7, 11) is 2.07. The van der Waals surface area contributed by atoms with Crippen molar-refractivity contribution in [2.75, 3.05) is 37.0 Å². The molecule has 3 rings (SSSR count). The molecule has 1 fully saturated rings. The van der Waals surface area contributed by atoms with Crippen LogP contribution in [0.1, 0.15) is 18.4 Å². The van der Waals surface area contributed by atoms with Gasteiger partial charge in [0.1, 0.15) is 0 Å². The highest BCUT2D eigenvalue weighted by atomic mass is 16.3. The number of fused-ring (bicyclic) bond motifs is 1. The summed E-state index contributed by atoms with van der Waals surface area (Å²) in [5.41, 5.74) is 3.36. The maximum Gasteiger partial charge on any atom is 0.322 e. The molecule has 5 heteroatoms. The zero-order valence-electron chi connectivity index (χ0n) is 11.8. The molecule has 2 N–H and O–H groups in total. The van der Waals surface area contributed by atoms with Crippen LogP contribution in [-0.4, -0.2) is 48.8 Å². The highest BCUT2D eigenvalue weighted by molar-refractivity contribution is 5.90. The normalized spacial score (nSPS) is 21.2. The van der Waals surface area contributed by atoms with Crippen LogP contribution in [0.2, 0.25) is 0 Å². The second-order valence-corrected chi connectivity index (χ2v) is 5.62. The van der Waals surface area contributed by atoms with E-state index in [9.17, 15) is 9.90 Å². The van der Waals surface area contributed by atoms with Gasteiger partial charge in [0.05, 0.1) is 12.6 Å². The first-order chi connectivity index (χ1) is 9.69. The largest absolute Gasteiger partial charge is 0.394 e. The molecule has 20 heavy (non-hydrogen) atoms. The highest BCUT2D eigenvalue weighted by Crippen LogP contribution is 2.30. The molecule has 0 radical (unpaired) electrons. The lowest BCUT2D eigenvalue weighted by atomic mass is 10.1. The lowest BCUT2D eigenvalue weighted by molar-refractivity contribution is 0.166. The van der Waals surface area contributed by atoms with Crippen molar-refractivity contribution in [3.8, 4) is 0 Å². The number of carbonyl (C=O) groups excluding carboxylic acids is 1. The number of benzene rings is 1. The molecule has 108 valence electrons. The van der Waals surface area contributed by atoms with E-state index in [2.05, 4.69) is 23.3 Å². The number of anilines is 2. The molecule has 0 bridgehead atoms. The number of likely N-dealkylation sites (tertiary alicyclic amines) is 1. The van der Waals surface area contributed by atoms with Crippen LogP contribution in [0.4, 0.5) is 16.2 Å². The van der Waals surface area contributed by atoms with E-state index in [0.29, 0.717) is 0 Å². The van der Waals surface area contributed by atoms with Crippen molar-refractivity contribution >= 4 is 17.4 Å². The van der Waals surface area contributed by atoms with Crippen LogP contribution < -0.4 is 10.2 Å². The Hall–Kier alpha value is -1.75. The Morgan fingerprint density at radius 1 is 1.45 bits per heavy atom. The van der Waals surface area contributed by atoms with Gasteiger partial charge in [-0.2, -0.15) is 0 Å². The third kappa shape index (κ3) is 2.33. The standard InChI is InChI=1S/C15H21N3O2/c1-17-8-6-11-4-5-12(9-14(11)17)16-15(20)18-7-2-3-13(18)10-19/h4-5,9,13,19H,2-3,6-8,10H2,1H3,(H,16,20)/t13-/m0/s1. The van der Waals surface area contributed by atoms with Gasteiger partial charge in [0.25, 0.3) is 0 Å². The number of rotatable bonds is 2. The molecule has 0 saturated carbocycles. The van der Waals surface area contributed by atoms with Crippen molar-refractivity contribution in [1.29, 1.82) is 0 Å². The van der Waals surface area contributed by atoms with Crippen molar-refractivity contribution in [1.82, 2.24) is 4.90 Å². The number of carbonyl (C=O) groups is 1. The fourth-order valence-corrected chi connectivity index (χ4v) is 3.11. The number of hydrogen-bond acceptors (Lipinski definition) is 3. The van der Waals surface area contributed by atoms with Gasteiger partial charge >= 0.3 is 6.03 Å². The Morgan fingerprint density at radius 2 is 2.30 bits per heavy atom.